The van der Waals surface area contributed by atoms with Crippen LogP contribution in [0, 0.1) is 0 Å². The maximum absolute atomic E-state index is 12.9. The Morgan fingerprint density at radius 1 is 1.40 bits per heavy atom. The number of likely N-dealkylation sites (N-methyl/N-ethyl adjacent to an activating group) is 1. The molecule has 2 aromatic rings. The fourth-order valence-electron chi connectivity index (χ4n) is 3.70. The van der Waals surface area contributed by atoms with Crippen LogP contribution in [0.1, 0.15) is 40.3 Å². The topological polar surface area (TPSA) is 105 Å². The van der Waals surface area contributed by atoms with Crippen molar-refractivity contribution in [2.45, 2.75) is 38.4 Å². The van der Waals surface area contributed by atoms with Crippen molar-refractivity contribution in [3.05, 3.63) is 35.0 Å². The highest BCUT2D eigenvalue weighted by atomic mass is 16.5. The van der Waals surface area contributed by atoms with Crippen LogP contribution in [0.2, 0.25) is 0 Å². The molecule has 25 heavy (non-hydrogen) atoms. The van der Waals surface area contributed by atoms with Gasteiger partial charge in [0.15, 0.2) is 0 Å². The van der Waals surface area contributed by atoms with E-state index in [0.29, 0.717) is 25.2 Å². The van der Waals surface area contributed by atoms with Gasteiger partial charge in [-0.15, -0.1) is 0 Å². The van der Waals surface area contributed by atoms with Gasteiger partial charge in [0.2, 0.25) is 0 Å². The van der Waals surface area contributed by atoms with E-state index < -0.39 is 6.09 Å². The van der Waals surface area contributed by atoms with Crippen molar-refractivity contribution in [3.8, 4) is 0 Å². The molecule has 0 fully saturated rings. The van der Waals surface area contributed by atoms with E-state index >= 15 is 0 Å². The van der Waals surface area contributed by atoms with E-state index in [1.807, 2.05) is 6.92 Å². The van der Waals surface area contributed by atoms with E-state index in [2.05, 4.69) is 10.3 Å². The number of rotatable bonds is 1. The third-order valence-electron chi connectivity index (χ3n) is 5.04. The first-order chi connectivity index (χ1) is 12.0. The normalized spacial score (nSPS) is 23.2. The summed E-state index contributed by atoms with van der Waals surface area (Å²) >= 11 is 0. The van der Waals surface area contributed by atoms with Gasteiger partial charge in [-0.2, -0.15) is 5.10 Å². The average molecular weight is 345 g/mol. The average Bonchev–Trinajstić information content (AvgIpc) is 3.17. The zero-order chi connectivity index (χ0) is 17.7. The van der Waals surface area contributed by atoms with Crippen molar-refractivity contribution >= 4 is 12.0 Å². The minimum Gasteiger partial charge on any atom is -0.465 e. The van der Waals surface area contributed by atoms with E-state index in [1.54, 1.807) is 22.7 Å². The Kier molecular flexibility index (Phi) is 3.52. The molecule has 0 aliphatic carbocycles. The minimum absolute atomic E-state index is 0.0247. The molecule has 0 saturated heterocycles. The van der Waals surface area contributed by atoms with Crippen LogP contribution in [0.3, 0.4) is 0 Å². The maximum atomic E-state index is 12.9. The Bertz CT molecular complexity index is 828. The summed E-state index contributed by atoms with van der Waals surface area (Å²) in [6, 6.07) is 1.63. The summed E-state index contributed by atoms with van der Waals surface area (Å²) in [6.07, 6.45) is 1.05. The number of amides is 2. The van der Waals surface area contributed by atoms with Crippen molar-refractivity contribution in [3.63, 3.8) is 0 Å². The van der Waals surface area contributed by atoms with E-state index in [0.717, 1.165) is 17.0 Å². The van der Waals surface area contributed by atoms with Gasteiger partial charge in [-0.3, -0.25) is 9.48 Å². The molecular weight excluding hydrogens is 326 g/mol. The van der Waals surface area contributed by atoms with Crippen LogP contribution >= 0.6 is 0 Å². The quantitative estimate of drug-likeness (QED) is 0.832. The van der Waals surface area contributed by atoms with E-state index in [1.165, 1.54) is 11.2 Å². The molecule has 0 saturated carbocycles. The predicted octanol–water partition coefficient (Wildman–Crippen LogP) is 1.17. The fourth-order valence-corrected chi connectivity index (χ4v) is 3.70. The van der Waals surface area contributed by atoms with Gasteiger partial charge in [-0.25, -0.2) is 4.79 Å². The second-order valence-electron chi connectivity index (χ2n) is 6.73. The van der Waals surface area contributed by atoms with Gasteiger partial charge in [0.05, 0.1) is 24.5 Å². The van der Waals surface area contributed by atoms with E-state index in [-0.39, 0.29) is 24.4 Å². The van der Waals surface area contributed by atoms with Gasteiger partial charge < -0.3 is 19.4 Å². The zero-order valence-electron chi connectivity index (χ0n) is 14.0. The first kappa shape index (κ1) is 15.7. The van der Waals surface area contributed by atoms with Crippen LogP contribution in [-0.2, 0) is 19.5 Å². The number of carbonyl (C=O) groups excluding carboxylic acids is 1. The highest BCUT2D eigenvalue weighted by Gasteiger charge is 2.37. The molecule has 9 nitrogen and oxygen atoms in total. The summed E-state index contributed by atoms with van der Waals surface area (Å²) < 4.78 is 6.66. The van der Waals surface area contributed by atoms with Crippen molar-refractivity contribution in [2.24, 2.45) is 0 Å². The minimum atomic E-state index is -0.979. The van der Waals surface area contributed by atoms with Crippen LogP contribution in [0.4, 0.5) is 4.79 Å². The lowest BCUT2D eigenvalue weighted by atomic mass is 10.00. The Hall–Kier alpha value is -2.84. The van der Waals surface area contributed by atoms with Gasteiger partial charge in [0.1, 0.15) is 12.0 Å². The number of hydrogen-bond acceptors (Lipinski definition) is 5. The fraction of sp³-hybridized carbons (Fsp3) is 0.500. The van der Waals surface area contributed by atoms with E-state index in [4.69, 9.17) is 4.52 Å². The summed E-state index contributed by atoms with van der Waals surface area (Å²) in [5.41, 5.74) is 2.80. The van der Waals surface area contributed by atoms with Crippen LogP contribution in [0.25, 0.3) is 0 Å². The Labute approximate surface area is 143 Å². The van der Waals surface area contributed by atoms with Gasteiger partial charge in [-0.05, 0) is 6.92 Å². The molecule has 0 radical (unpaired) electrons. The lowest BCUT2D eigenvalue weighted by molar-refractivity contribution is 0.0784. The van der Waals surface area contributed by atoms with Crippen LogP contribution in [0.15, 0.2) is 16.9 Å². The van der Waals surface area contributed by atoms with Crippen molar-refractivity contribution in [1.82, 2.24) is 24.7 Å². The molecule has 2 atom stereocenters. The highest BCUT2D eigenvalue weighted by molar-refractivity contribution is 5.94. The maximum Gasteiger partial charge on any atom is 0.407 e. The molecule has 0 bridgehead atoms. The molecule has 2 aliphatic heterocycles. The molecule has 1 unspecified atom stereocenters. The third-order valence-corrected chi connectivity index (χ3v) is 5.04. The molecular formula is C16H19N5O4. The molecule has 132 valence electrons. The van der Waals surface area contributed by atoms with Crippen LogP contribution in [-0.4, -0.2) is 61.5 Å². The van der Waals surface area contributed by atoms with Crippen molar-refractivity contribution in [1.29, 1.82) is 0 Å². The van der Waals surface area contributed by atoms with Gasteiger partial charge >= 0.3 is 6.09 Å². The van der Waals surface area contributed by atoms with Gasteiger partial charge in [-0.1, -0.05) is 5.16 Å². The van der Waals surface area contributed by atoms with Crippen LogP contribution < -0.4 is 0 Å². The number of carbonyl (C=O) groups is 2. The molecule has 0 spiro atoms. The Morgan fingerprint density at radius 3 is 2.88 bits per heavy atom. The molecule has 1 N–H and O–H groups in total. The number of fused-ring (bicyclic) bond motifs is 3. The lowest BCUT2D eigenvalue weighted by Gasteiger charge is -2.30. The SMILES string of the molecule is C[C@@H]1Cc2nn3c(c2CN1C(=O)O)C(=O)N(C)CC(c1ccon1)C3. The number of aromatic nitrogens is 3. The molecule has 0 aromatic carbocycles. The van der Waals surface area contributed by atoms with Gasteiger partial charge in [0, 0.05) is 43.6 Å². The molecule has 4 heterocycles. The summed E-state index contributed by atoms with van der Waals surface area (Å²) in [5.74, 6) is -0.164. The Morgan fingerprint density at radius 2 is 2.20 bits per heavy atom. The van der Waals surface area contributed by atoms with E-state index in [9.17, 15) is 14.7 Å². The molecule has 2 amide bonds. The highest BCUT2D eigenvalue weighted by Crippen LogP contribution is 2.30. The van der Waals surface area contributed by atoms with Crippen LogP contribution in [0.5, 0.6) is 0 Å². The zero-order valence-corrected chi connectivity index (χ0v) is 14.0. The number of nitrogens with zero attached hydrogens (tertiary/aromatic N) is 5. The molecule has 9 heteroatoms. The van der Waals surface area contributed by atoms with Crippen molar-refractivity contribution in [2.75, 3.05) is 13.6 Å². The Balaban J connectivity index is 1.77. The molecule has 4 rings (SSSR count). The monoisotopic (exact) mass is 345 g/mol. The lowest BCUT2D eigenvalue weighted by Crippen LogP contribution is -2.42. The first-order valence-electron chi connectivity index (χ1n) is 8.19. The second kappa shape index (κ2) is 5.61. The summed E-state index contributed by atoms with van der Waals surface area (Å²) in [4.78, 5) is 27.4. The molecule has 2 aromatic heterocycles. The number of carboxylic acid groups (broad SMARTS) is 1. The summed E-state index contributed by atoms with van der Waals surface area (Å²) in [5, 5.41) is 18.0. The summed E-state index contributed by atoms with van der Waals surface area (Å²) in [7, 11) is 1.74. The molecule has 2 aliphatic rings. The first-order valence-corrected chi connectivity index (χ1v) is 8.19. The number of hydrogen-bond donors (Lipinski definition) is 1. The summed E-state index contributed by atoms with van der Waals surface area (Å²) in [6.45, 7) is 3.05. The smallest absolute Gasteiger partial charge is 0.407 e. The van der Waals surface area contributed by atoms with Crippen molar-refractivity contribution < 1.29 is 19.2 Å². The standard InChI is InChI=1S/C16H19N5O4/c1-9-5-13-11(8-20(9)16(23)24)14-15(22)19(2)6-10(7-21(14)17-13)12-3-4-25-18-12/h3-4,9-10H,5-8H2,1-2H3,(H,23,24)/t9-,10?/m1/s1. The third kappa shape index (κ3) is 2.46. The van der Waals surface area contributed by atoms with Gasteiger partial charge in [0.25, 0.3) is 5.91 Å². The predicted molar refractivity (Wildman–Crippen MR) is 85.2 cm³/mol. The largest absolute Gasteiger partial charge is 0.465 e. The second-order valence-corrected chi connectivity index (χ2v) is 6.73.